The molecule has 0 aliphatic rings. The minimum Gasteiger partial charge on any atom is -0.377 e. The largest absolute Gasteiger partial charge is 0.377 e. The van der Waals surface area contributed by atoms with Gasteiger partial charge in [0.05, 0.1) is 18.1 Å². The van der Waals surface area contributed by atoms with Gasteiger partial charge in [-0.3, -0.25) is 0 Å². The third-order valence-corrected chi connectivity index (χ3v) is 2.22. The van der Waals surface area contributed by atoms with Gasteiger partial charge < -0.3 is 9.26 Å². The summed E-state index contributed by atoms with van der Waals surface area (Å²) in [6, 6.07) is 9.35. The first-order valence-corrected chi connectivity index (χ1v) is 5.11. The van der Waals surface area contributed by atoms with E-state index in [0.717, 1.165) is 5.56 Å². The molecule has 5 nitrogen and oxygen atoms in total. The average Bonchev–Trinajstić information content (AvgIpc) is 2.78. The summed E-state index contributed by atoms with van der Waals surface area (Å²) >= 11 is 0. The van der Waals surface area contributed by atoms with Crippen molar-refractivity contribution < 1.29 is 9.26 Å². The molecular weight excluding hydrogens is 218 g/mol. The van der Waals surface area contributed by atoms with Crippen molar-refractivity contribution in [1.29, 1.82) is 5.26 Å². The van der Waals surface area contributed by atoms with Gasteiger partial charge in [0.15, 0.2) is 5.82 Å². The van der Waals surface area contributed by atoms with Gasteiger partial charge in [-0.2, -0.15) is 10.2 Å². The molecule has 1 aromatic carbocycles. The Kier molecular flexibility index (Phi) is 3.48. The van der Waals surface area contributed by atoms with Crippen molar-refractivity contribution in [1.82, 2.24) is 10.1 Å². The first-order valence-electron chi connectivity index (χ1n) is 5.11. The number of nitrogens with zero attached hydrogens (tertiary/aromatic N) is 3. The van der Waals surface area contributed by atoms with Crippen molar-refractivity contribution in [3.63, 3.8) is 0 Å². The summed E-state index contributed by atoms with van der Waals surface area (Å²) in [5.74, 6) is 1.08. The Bertz CT molecular complexity index is 525. The lowest BCUT2D eigenvalue weighted by Crippen LogP contribution is -1.92. The predicted octanol–water partition coefficient (Wildman–Crippen LogP) is 1.68. The second-order valence-electron chi connectivity index (χ2n) is 3.52. The fourth-order valence-corrected chi connectivity index (χ4v) is 1.42. The zero-order chi connectivity index (χ0) is 12.1. The number of hydrogen-bond donors (Lipinski definition) is 0. The number of rotatable bonds is 4. The van der Waals surface area contributed by atoms with Crippen LogP contribution >= 0.6 is 0 Å². The summed E-state index contributed by atoms with van der Waals surface area (Å²) in [5.41, 5.74) is 1.66. The summed E-state index contributed by atoms with van der Waals surface area (Å²) in [6.45, 7) is 0.344. The van der Waals surface area contributed by atoms with E-state index < -0.39 is 0 Å². The van der Waals surface area contributed by atoms with Crippen LogP contribution in [0, 0.1) is 11.3 Å². The predicted molar refractivity (Wildman–Crippen MR) is 59.0 cm³/mol. The van der Waals surface area contributed by atoms with E-state index in [1.807, 2.05) is 12.1 Å². The van der Waals surface area contributed by atoms with Crippen LogP contribution in [0.5, 0.6) is 0 Å². The summed E-state index contributed by atoms with van der Waals surface area (Å²) in [5, 5.41) is 12.4. The average molecular weight is 229 g/mol. The Morgan fingerprint density at radius 1 is 1.35 bits per heavy atom. The Balaban J connectivity index is 2.06. The highest BCUT2D eigenvalue weighted by atomic mass is 16.5. The molecule has 0 saturated heterocycles. The van der Waals surface area contributed by atoms with Gasteiger partial charge in [0.25, 0.3) is 0 Å². The molecule has 0 bridgehead atoms. The standard InChI is InChI=1S/C12H11N3O2/c1-16-8-11-14-12(17-15-11)6-9-2-4-10(7-13)5-3-9/h2-5H,6,8H2,1H3. The molecule has 0 unspecified atom stereocenters. The van der Waals surface area contributed by atoms with Crippen molar-refractivity contribution in [3.05, 3.63) is 47.1 Å². The monoisotopic (exact) mass is 229 g/mol. The van der Waals surface area contributed by atoms with Crippen LogP contribution in [-0.2, 0) is 17.8 Å². The van der Waals surface area contributed by atoms with E-state index in [2.05, 4.69) is 16.2 Å². The van der Waals surface area contributed by atoms with Gasteiger partial charge in [0.1, 0.15) is 6.61 Å². The lowest BCUT2D eigenvalue weighted by molar-refractivity contribution is 0.174. The second kappa shape index (κ2) is 5.23. The van der Waals surface area contributed by atoms with E-state index in [1.54, 1.807) is 19.2 Å². The van der Waals surface area contributed by atoms with Crippen LogP contribution in [0.2, 0.25) is 0 Å². The van der Waals surface area contributed by atoms with E-state index in [9.17, 15) is 0 Å². The molecule has 1 heterocycles. The van der Waals surface area contributed by atoms with Crippen molar-refractivity contribution in [2.75, 3.05) is 7.11 Å². The molecule has 86 valence electrons. The second-order valence-corrected chi connectivity index (χ2v) is 3.52. The maximum atomic E-state index is 8.68. The van der Waals surface area contributed by atoms with E-state index in [1.165, 1.54) is 0 Å². The molecule has 0 saturated carbocycles. The Morgan fingerprint density at radius 2 is 2.12 bits per heavy atom. The molecular formula is C12H11N3O2. The van der Waals surface area contributed by atoms with Gasteiger partial charge in [-0.05, 0) is 17.7 Å². The molecule has 2 rings (SSSR count). The number of nitriles is 1. The molecule has 0 atom stereocenters. The molecule has 0 aliphatic carbocycles. The Morgan fingerprint density at radius 3 is 2.76 bits per heavy atom. The minimum absolute atomic E-state index is 0.344. The molecule has 17 heavy (non-hydrogen) atoms. The van der Waals surface area contributed by atoms with E-state index in [-0.39, 0.29) is 0 Å². The highest BCUT2D eigenvalue weighted by Crippen LogP contribution is 2.09. The van der Waals surface area contributed by atoms with Crippen LogP contribution in [0.4, 0.5) is 0 Å². The van der Waals surface area contributed by atoms with Crippen molar-refractivity contribution >= 4 is 0 Å². The maximum absolute atomic E-state index is 8.68. The van der Waals surface area contributed by atoms with Crippen LogP contribution in [0.3, 0.4) is 0 Å². The van der Waals surface area contributed by atoms with E-state index in [4.69, 9.17) is 14.5 Å². The van der Waals surface area contributed by atoms with E-state index >= 15 is 0 Å². The Hall–Kier alpha value is -2.19. The summed E-state index contributed by atoms with van der Waals surface area (Å²) in [4.78, 5) is 4.17. The lowest BCUT2D eigenvalue weighted by Gasteiger charge is -1.95. The van der Waals surface area contributed by atoms with Gasteiger partial charge in [0.2, 0.25) is 5.89 Å². The van der Waals surface area contributed by atoms with Crippen LogP contribution in [0.25, 0.3) is 0 Å². The number of ether oxygens (including phenoxy) is 1. The van der Waals surface area contributed by atoms with E-state index in [0.29, 0.717) is 30.3 Å². The van der Waals surface area contributed by atoms with Crippen LogP contribution in [-0.4, -0.2) is 17.3 Å². The molecule has 0 N–H and O–H groups in total. The van der Waals surface area contributed by atoms with Gasteiger partial charge >= 0.3 is 0 Å². The quantitative estimate of drug-likeness (QED) is 0.797. The highest BCUT2D eigenvalue weighted by molar-refractivity contribution is 5.32. The van der Waals surface area contributed by atoms with Crippen molar-refractivity contribution in [3.8, 4) is 6.07 Å². The normalized spacial score (nSPS) is 10.1. The minimum atomic E-state index is 0.344. The molecule has 1 aromatic heterocycles. The van der Waals surface area contributed by atoms with Gasteiger partial charge in [-0.15, -0.1) is 0 Å². The van der Waals surface area contributed by atoms with Gasteiger partial charge in [-0.1, -0.05) is 17.3 Å². The Labute approximate surface area is 98.6 Å². The highest BCUT2D eigenvalue weighted by Gasteiger charge is 2.06. The lowest BCUT2D eigenvalue weighted by atomic mass is 10.1. The number of aromatic nitrogens is 2. The zero-order valence-corrected chi connectivity index (χ0v) is 9.38. The first-order chi connectivity index (χ1) is 8.31. The van der Waals surface area contributed by atoms with Crippen LogP contribution in [0.15, 0.2) is 28.8 Å². The van der Waals surface area contributed by atoms with Gasteiger partial charge in [-0.25, -0.2) is 0 Å². The first kappa shape index (κ1) is 11.3. The number of benzene rings is 1. The SMILES string of the molecule is COCc1noc(Cc2ccc(C#N)cc2)n1. The molecule has 5 heteroatoms. The molecule has 2 aromatic rings. The molecule has 0 aliphatic heterocycles. The summed E-state index contributed by atoms with van der Waals surface area (Å²) < 4.78 is 9.97. The number of hydrogen-bond acceptors (Lipinski definition) is 5. The summed E-state index contributed by atoms with van der Waals surface area (Å²) in [7, 11) is 1.58. The van der Waals surface area contributed by atoms with Gasteiger partial charge in [0, 0.05) is 7.11 Å². The summed E-state index contributed by atoms with van der Waals surface area (Å²) in [6.07, 6.45) is 0.558. The maximum Gasteiger partial charge on any atom is 0.231 e. The molecule has 0 radical (unpaired) electrons. The fraction of sp³-hybridized carbons (Fsp3) is 0.250. The number of methoxy groups -OCH3 is 1. The molecule has 0 amide bonds. The van der Waals surface area contributed by atoms with Crippen LogP contribution in [0.1, 0.15) is 22.8 Å². The van der Waals surface area contributed by atoms with Crippen molar-refractivity contribution in [2.24, 2.45) is 0 Å². The van der Waals surface area contributed by atoms with Crippen LogP contribution < -0.4 is 0 Å². The smallest absolute Gasteiger partial charge is 0.231 e. The third-order valence-electron chi connectivity index (χ3n) is 2.22. The zero-order valence-electron chi connectivity index (χ0n) is 9.38. The topological polar surface area (TPSA) is 71.9 Å². The van der Waals surface area contributed by atoms with Crippen molar-refractivity contribution in [2.45, 2.75) is 13.0 Å². The molecule has 0 spiro atoms. The fourth-order valence-electron chi connectivity index (χ4n) is 1.42. The third kappa shape index (κ3) is 2.89. The molecule has 0 fully saturated rings.